The van der Waals surface area contributed by atoms with E-state index in [-0.39, 0.29) is 5.97 Å². The highest BCUT2D eigenvalue weighted by molar-refractivity contribution is 5.84. The Morgan fingerprint density at radius 2 is 1.89 bits per heavy atom. The molecule has 0 saturated heterocycles. The Hall–Kier alpha value is -1.51. The molecule has 0 amide bonds. The van der Waals surface area contributed by atoms with Gasteiger partial charge in [-0.05, 0) is 31.9 Å². The number of nitrogens with one attached hydrogen (secondary N) is 1. The second-order valence-corrected chi connectivity index (χ2v) is 4.67. The van der Waals surface area contributed by atoms with Gasteiger partial charge in [0.2, 0.25) is 0 Å². The number of ether oxygens (including phenoxy) is 1. The van der Waals surface area contributed by atoms with Gasteiger partial charge in [0.25, 0.3) is 0 Å². The Morgan fingerprint density at radius 1 is 1.28 bits per heavy atom. The number of hydrogen-bond donors (Lipinski definition) is 1. The second-order valence-electron chi connectivity index (χ2n) is 4.67. The van der Waals surface area contributed by atoms with Crippen molar-refractivity contribution in [3.8, 4) is 0 Å². The summed E-state index contributed by atoms with van der Waals surface area (Å²) in [6, 6.07) is 8.06. The molecule has 1 aromatic carbocycles. The summed E-state index contributed by atoms with van der Waals surface area (Å²) in [5.41, 5.74) is 1.55. The summed E-state index contributed by atoms with van der Waals surface area (Å²) in [6.07, 6.45) is 2.41. The average Bonchev–Trinajstić information content (AvgIpc) is 2.39. The number of methoxy groups -OCH3 is 1. The topological polar surface area (TPSA) is 38.3 Å². The Balaban J connectivity index is 2.96. The molecule has 0 aliphatic rings. The summed E-state index contributed by atoms with van der Waals surface area (Å²) >= 11 is 0. The van der Waals surface area contributed by atoms with E-state index in [4.69, 9.17) is 4.74 Å². The third kappa shape index (κ3) is 3.25. The van der Waals surface area contributed by atoms with E-state index < -0.39 is 5.54 Å². The molecule has 0 heterocycles. The van der Waals surface area contributed by atoms with Crippen LogP contribution in [0.4, 0.5) is 5.69 Å². The minimum absolute atomic E-state index is 0.188. The van der Waals surface area contributed by atoms with Crippen LogP contribution in [0, 0.1) is 6.92 Å². The van der Waals surface area contributed by atoms with Crippen LogP contribution in [0.2, 0.25) is 0 Å². The molecule has 3 nitrogen and oxygen atoms in total. The molecule has 1 unspecified atom stereocenters. The normalized spacial score (nSPS) is 13.8. The van der Waals surface area contributed by atoms with E-state index >= 15 is 0 Å². The molecule has 100 valence electrons. The lowest BCUT2D eigenvalue weighted by atomic mass is 9.90. The number of carbonyl (C=O) groups is 1. The van der Waals surface area contributed by atoms with Gasteiger partial charge in [0.05, 0.1) is 7.11 Å². The smallest absolute Gasteiger partial charge is 0.331 e. The molecule has 0 aliphatic carbocycles. The van der Waals surface area contributed by atoms with Crippen LogP contribution >= 0.6 is 0 Å². The van der Waals surface area contributed by atoms with Crippen LogP contribution in [0.1, 0.15) is 38.7 Å². The summed E-state index contributed by atoms with van der Waals surface area (Å²) in [7, 11) is 1.44. The Kier molecular flexibility index (Phi) is 5.20. The van der Waals surface area contributed by atoms with E-state index in [1.165, 1.54) is 12.7 Å². The second kappa shape index (κ2) is 6.43. The van der Waals surface area contributed by atoms with E-state index in [2.05, 4.69) is 12.2 Å². The van der Waals surface area contributed by atoms with E-state index in [0.29, 0.717) is 6.42 Å². The molecule has 0 spiro atoms. The van der Waals surface area contributed by atoms with Gasteiger partial charge in [-0.2, -0.15) is 0 Å². The van der Waals surface area contributed by atoms with Gasteiger partial charge >= 0.3 is 5.97 Å². The highest BCUT2D eigenvalue weighted by Crippen LogP contribution is 2.25. The van der Waals surface area contributed by atoms with Crippen molar-refractivity contribution in [1.82, 2.24) is 0 Å². The number of esters is 1. The summed E-state index contributed by atoms with van der Waals surface area (Å²) in [4.78, 5) is 12.0. The van der Waals surface area contributed by atoms with Gasteiger partial charge in [0.15, 0.2) is 0 Å². The summed E-state index contributed by atoms with van der Waals surface area (Å²) in [5.74, 6) is -0.188. The van der Waals surface area contributed by atoms with Crippen LogP contribution in [0.25, 0.3) is 0 Å². The zero-order valence-electron chi connectivity index (χ0n) is 11.7. The SMILES string of the molecule is CCCC(CC)(Nc1ccc(C)cc1)C(=O)OC. The molecule has 1 N–H and O–H groups in total. The number of anilines is 1. The third-order valence-electron chi connectivity index (χ3n) is 3.29. The summed E-state index contributed by atoms with van der Waals surface area (Å²) in [6.45, 7) is 6.13. The van der Waals surface area contributed by atoms with Gasteiger partial charge in [-0.25, -0.2) is 4.79 Å². The van der Waals surface area contributed by atoms with E-state index in [0.717, 1.165) is 18.5 Å². The van der Waals surface area contributed by atoms with Crippen LogP contribution < -0.4 is 5.32 Å². The maximum atomic E-state index is 12.0. The number of rotatable bonds is 6. The van der Waals surface area contributed by atoms with Gasteiger partial charge < -0.3 is 10.1 Å². The Bertz CT molecular complexity index is 386. The van der Waals surface area contributed by atoms with Crippen molar-refractivity contribution in [3.63, 3.8) is 0 Å². The van der Waals surface area contributed by atoms with Gasteiger partial charge in [0.1, 0.15) is 5.54 Å². The minimum atomic E-state index is -0.612. The van der Waals surface area contributed by atoms with E-state index in [1.54, 1.807) is 0 Å². The number of hydrogen-bond acceptors (Lipinski definition) is 3. The fraction of sp³-hybridized carbons (Fsp3) is 0.533. The molecule has 1 aromatic rings. The zero-order valence-corrected chi connectivity index (χ0v) is 11.7. The first-order chi connectivity index (χ1) is 8.57. The van der Waals surface area contributed by atoms with Gasteiger partial charge in [0, 0.05) is 5.69 Å². The fourth-order valence-electron chi connectivity index (χ4n) is 2.16. The molecule has 0 bridgehead atoms. The molecule has 3 heteroatoms. The molecule has 0 saturated carbocycles. The predicted molar refractivity (Wildman–Crippen MR) is 74.7 cm³/mol. The van der Waals surface area contributed by atoms with Gasteiger partial charge in [-0.1, -0.05) is 38.0 Å². The summed E-state index contributed by atoms with van der Waals surface area (Å²) in [5, 5.41) is 3.35. The monoisotopic (exact) mass is 249 g/mol. The van der Waals surface area contributed by atoms with Gasteiger partial charge in [-0.15, -0.1) is 0 Å². The van der Waals surface area contributed by atoms with E-state index in [1.807, 2.05) is 38.1 Å². The molecular formula is C15H23NO2. The minimum Gasteiger partial charge on any atom is -0.467 e. The van der Waals surface area contributed by atoms with Crippen LogP contribution in [-0.4, -0.2) is 18.6 Å². The molecule has 0 fully saturated rings. The lowest BCUT2D eigenvalue weighted by molar-refractivity contribution is -0.146. The lowest BCUT2D eigenvalue weighted by Gasteiger charge is -2.31. The zero-order chi connectivity index (χ0) is 13.6. The summed E-state index contributed by atoms with van der Waals surface area (Å²) < 4.78 is 4.95. The van der Waals surface area contributed by atoms with Gasteiger partial charge in [-0.3, -0.25) is 0 Å². The first kappa shape index (κ1) is 14.6. The largest absolute Gasteiger partial charge is 0.467 e. The van der Waals surface area contributed by atoms with Crippen molar-refractivity contribution >= 4 is 11.7 Å². The fourth-order valence-corrected chi connectivity index (χ4v) is 2.16. The average molecular weight is 249 g/mol. The number of aryl methyl sites for hydroxylation is 1. The predicted octanol–water partition coefficient (Wildman–Crippen LogP) is 3.53. The highest BCUT2D eigenvalue weighted by Gasteiger charge is 2.36. The maximum Gasteiger partial charge on any atom is 0.331 e. The maximum absolute atomic E-state index is 12.0. The number of benzene rings is 1. The van der Waals surface area contributed by atoms with Crippen LogP contribution in [-0.2, 0) is 9.53 Å². The lowest BCUT2D eigenvalue weighted by Crippen LogP contribution is -2.46. The Labute approximate surface area is 110 Å². The van der Waals surface area contributed by atoms with Crippen molar-refractivity contribution in [2.24, 2.45) is 0 Å². The molecule has 1 atom stereocenters. The molecule has 1 rings (SSSR count). The first-order valence-electron chi connectivity index (χ1n) is 6.51. The first-order valence-corrected chi connectivity index (χ1v) is 6.51. The van der Waals surface area contributed by atoms with Crippen molar-refractivity contribution in [2.75, 3.05) is 12.4 Å². The van der Waals surface area contributed by atoms with E-state index in [9.17, 15) is 4.79 Å². The molecule has 0 aromatic heterocycles. The molecule has 18 heavy (non-hydrogen) atoms. The van der Waals surface area contributed by atoms with Crippen molar-refractivity contribution in [2.45, 2.75) is 45.6 Å². The van der Waals surface area contributed by atoms with Crippen molar-refractivity contribution in [1.29, 1.82) is 0 Å². The number of carbonyl (C=O) groups excluding carboxylic acids is 1. The third-order valence-corrected chi connectivity index (χ3v) is 3.29. The van der Waals surface area contributed by atoms with Crippen molar-refractivity contribution in [3.05, 3.63) is 29.8 Å². The van der Waals surface area contributed by atoms with Crippen LogP contribution in [0.3, 0.4) is 0 Å². The van der Waals surface area contributed by atoms with Crippen molar-refractivity contribution < 1.29 is 9.53 Å². The molecule has 0 aliphatic heterocycles. The van der Waals surface area contributed by atoms with Crippen LogP contribution in [0.5, 0.6) is 0 Å². The standard InChI is InChI=1S/C15H23NO2/c1-5-11-15(6-2,14(17)18-4)16-13-9-7-12(3)8-10-13/h7-10,16H,5-6,11H2,1-4H3. The quantitative estimate of drug-likeness (QED) is 0.784. The highest BCUT2D eigenvalue weighted by atomic mass is 16.5. The molecular weight excluding hydrogens is 226 g/mol. The molecule has 0 radical (unpaired) electrons. The van der Waals surface area contributed by atoms with Crippen LogP contribution in [0.15, 0.2) is 24.3 Å². The Morgan fingerprint density at radius 3 is 2.33 bits per heavy atom.